The van der Waals surface area contributed by atoms with Gasteiger partial charge in [-0.2, -0.15) is 0 Å². The second-order valence-corrected chi connectivity index (χ2v) is 6.07. The van der Waals surface area contributed by atoms with Crippen LogP contribution in [-0.2, 0) is 4.74 Å². The summed E-state index contributed by atoms with van der Waals surface area (Å²) in [5.74, 6) is 0.900. The minimum absolute atomic E-state index is 0.337. The molecule has 1 aliphatic carbocycles. The molecular weight excluding hydrogens is 212 g/mol. The lowest BCUT2D eigenvalue weighted by atomic mass is 9.89. The topological polar surface area (TPSA) is 24.5 Å². The molecule has 0 radical (unpaired) electrons. The van der Waals surface area contributed by atoms with E-state index in [2.05, 4.69) is 31.0 Å². The van der Waals surface area contributed by atoms with Crippen LogP contribution >= 0.6 is 0 Å². The molecule has 0 spiro atoms. The van der Waals surface area contributed by atoms with Gasteiger partial charge in [0.05, 0.1) is 6.10 Å². The van der Waals surface area contributed by atoms with Crippen molar-refractivity contribution in [1.29, 1.82) is 0 Å². The summed E-state index contributed by atoms with van der Waals surface area (Å²) in [6.07, 6.45) is 4.38. The number of hydrogen-bond donors (Lipinski definition) is 1. The summed E-state index contributed by atoms with van der Waals surface area (Å²) >= 11 is 0. The molecule has 0 amide bonds. The largest absolute Gasteiger partial charge is 0.380 e. The third kappa shape index (κ3) is 2.83. The molecule has 1 heterocycles. The van der Waals surface area contributed by atoms with E-state index >= 15 is 0 Å². The molecule has 17 heavy (non-hydrogen) atoms. The predicted molar refractivity (Wildman–Crippen MR) is 71.3 cm³/mol. The maximum Gasteiger partial charge on any atom is 0.0670 e. The smallest absolute Gasteiger partial charge is 0.0670 e. The van der Waals surface area contributed by atoms with Crippen LogP contribution in [0.1, 0.15) is 40.0 Å². The first-order valence-electron chi connectivity index (χ1n) is 7.11. The molecule has 1 saturated carbocycles. The normalized spacial score (nSPS) is 37.1. The minimum Gasteiger partial charge on any atom is -0.380 e. The Balaban J connectivity index is 2.03. The highest BCUT2D eigenvalue weighted by molar-refractivity contribution is 5.05. The Labute approximate surface area is 106 Å². The Morgan fingerprint density at radius 2 is 2.18 bits per heavy atom. The Hall–Kier alpha value is -0.120. The molecule has 3 nitrogen and oxygen atoms in total. The van der Waals surface area contributed by atoms with Crippen molar-refractivity contribution in [2.24, 2.45) is 5.92 Å². The first-order valence-corrected chi connectivity index (χ1v) is 7.11. The lowest BCUT2D eigenvalue weighted by Crippen LogP contribution is -2.65. The van der Waals surface area contributed by atoms with Crippen molar-refractivity contribution in [2.45, 2.75) is 57.7 Å². The van der Waals surface area contributed by atoms with Gasteiger partial charge in [0.15, 0.2) is 0 Å². The molecule has 2 fully saturated rings. The van der Waals surface area contributed by atoms with Crippen LogP contribution in [0.15, 0.2) is 0 Å². The lowest BCUT2D eigenvalue weighted by molar-refractivity contribution is -0.0105. The molecule has 0 bridgehead atoms. The number of nitrogens with zero attached hydrogens (tertiary/aromatic N) is 1. The fraction of sp³-hybridized carbons (Fsp3) is 1.00. The van der Waals surface area contributed by atoms with Crippen LogP contribution < -0.4 is 5.32 Å². The number of hydrogen-bond acceptors (Lipinski definition) is 3. The fourth-order valence-corrected chi connectivity index (χ4v) is 3.05. The van der Waals surface area contributed by atoms with E-state index < -0.39 is 0 Å². The number of nitrogens with one attached hydrogen (secondary N) is 1. The highest BCUT2D eigenvalue weighted by Gasteiger charge is 2.48. The molecular formula is C14H28N2O. The third-order valence-corrected chi connectivity index (χ3v) is 4.74. The van der Waals surface area contributed by atoms with Crippen molar-refractivity contribution >= 4 is 0 Å². The lowest BCUT2D eigenvalue weighted by Gasteiger charge is -2.49. The van der Waals surface area contributed by atoms with Crippen molar-refractivity contribution in [3.05, 3.63) is 0 Å². The van der Waals surface area contributed by atoms with Gasteiger partial charge in [0.1, 0.15) is 0 Å². The molecule has 2 rings (SSSR count). The molecule has 2 aliphatic rings. The summed E-state index contributed by atoms with van der Waals surface area (Å²) in [5.41, 5.74) is 0.360. The van der Waals surface area contributed by atoms with Gasteiger partial charge in [-0.3, -0.25) is 4.90 Å². The van der Waals surface area contributed by atoms with Gasteiger partial charge in [-0.15, -0.1) is 0 Å². The van der Waals surface area contributed by atoms with E-state index in [0.29, 0.717) is 17.7 Å². The Morgan fingerprint density at radius 1 is 1.47 bits per heavy atom. The van der Waals surface area contributed by atoms with Crippen LogP contribution in [-0.4, -0.2) is 49.3 Å². The van der Waals surface area contributed by atoms with Gasteiger partial charge in [-0.05, 0) is 39.0 Å². The minimum atomic E-state index is 0.337. The molecule has 0 aromatic carbocycles. The SMILES string of the molecule is CCC1CN(CC(C)OC)C(C)(C2CC2)CN1. The van der Waals surface area contributed by atoms with Gasteiger partial charge < -0.3 is 10.1 Å². The summed E-state index contributed by atoms with van der Waals surface area (Å²) < 4.78 is 5.45. The first kappa shape index (κ1) is 13.3. The molecule has 0 aromatic rings. The predicted octanol–water partition coefficient (Wildman–Crippen LogP) is 1.87. The zero-order valence-electron chi connectivity index (χ0n) is 11.8. The molecule has 1 aliphatic heterocycles. The maximum atomic E-state index is 5.45. The molecule has 3 heteroatoms. The van der Waals surface area contributed by atoms with Crippen molar-refractivity contribution in [3.8, 4) is 0 Å². The number of ether oxygens (including phenoxy) is 1. The molecule has 3 unspecified atom stereocenters. The van der Waals surface area contributed by atoms with Crippen LogP contribution in [0.25, 0.3) is 0 Å². The first-order chi connectivity index (χ1) is 8.10. The molecule has 0 aromatic heterocycles. The zero-order valence-corrected chi connectivity index (χ0v) is 11.8. The van der Waals surface area contributed by atoms with Crippen LogP contribution in [0.4, 0.5) is 0 Å². The average molecular weight is 240 g/mol. The highest BCUT2D eigenvalue weighted by atomic mass is 16.5. The standard InChI is InChI=1S/C14H28N2O/c1-5-13-9-16(8-11(2)17-4)14(3,10-15-13)12-6-7-12/h11-13,15H,5-10H2,1-4H3. The highest BCUT2D eigenvalue weighted by Crippen LogP contribution is 2.44. The van der Waals surface area contributed by atoms with Crippen molar-refractivity contribution in [2.75, 3.05) is 26.7 Å². The van der Waals surface area contributed by atoms with Crippen molar-refractivity contribution < 1.29 is 4.74 Å². The van der Waals surface area contributed by atoms with E-state index in [9.17, 15) is 0 Å². The second-order valence-electron chi connectivity index (χ2n) is 6.07. The van der Waals surface area contributed by atoms with E-state index in [1.807, 2.05) is 7.11 Å². The number of rotatable bonds is 5. The van der Waals surface area contributed by atoms with Crippen LogP contribution in [0, 0.1) is 5.92 Å². The summed E-state index contributed by atoms with van der Waals surface area (Å²) in [7, 11) is 1.82. The van der Waals surface area contributed by atoms with Gasteiger partial charge in [0.25, 0.3) is 0 Å². The Kier molecular flexibility index (Phi) is 4.11. The van der Waals surface area contributed by atoms with Gasteiger partial charge in [-0.1, -0.05) is 6.92 Å². The second kappa shape index (κ2) is 5.25. The summed E-state index contributed by atoms with van der Waals surface area (Å²) in [6.45, 7) is 10.3. The quantitative estimate of drug-likeness (QED) is 0.794. The summed E-state index contributed by atoms with van der Waals surface area (Å²) in [4.78, 5) is 2.68. The van der Waals surface area contributed by atoms with E-state index in [1.54, 1.807) is 0 Å². The fourth-order valence-electron chi connectivity index (χ4n) is 3.05. The van der Waals surface area contributed by atoms with Crippen LogP contribution in [0.2, 0.25) is 0 Å². The zero-order chi connectivity index (χ0) is 12.5. The summed E-state index contributed by atoms with van der Waals surface area (Å²) in [6, 6.07) is 0.658. The van der Waals surface area contributed by atoms with Crippen LogP contribution in [0.3, 0.4) is 0 Å². The van der Waals surface area contributed by atoms with Gasteiger partial charge in [0, 0.05) is 38.3 Å². The van der Waals surface area contributed by atoms with E-state index in [4.69, 9.17) is 4.74 Å². The Morgan fingerprint density at radius 3 is 2.71 bits per heavy atom. The maximum absolute atomic E-state index is 5.45. The van der Waals surface area contributed by atoms with E-state index in [-0.39, 0.29) is 0 Å². The van der Waals surface area contributed by atoms with Crippen molar-refractivity contribution in [1.82, 2.24) is 10.2 Å². The molecule has 100 valence electrons. The number of methoxy groups -OCH3 is 1. The van der Waals surface area contributed by atoms with Gasteiger partial charge in [0.2, 0.25) is 0 Å². The summed E-state index contributed by atoms with van der Waals surface area (Å²) in [5, 5.41) is 3.72. The van der Waals surface area contributed by atoms with E-state index in [1.165, 1.54) is 25.8 Å². The van der Waals surface area contributed by atoms with Crippen LogP contribution in [0.5, 0.6) is 0 Å². The molecule has 1 saturated heterocycles. The molecule has 3 atom stereocenters. The van der Waals surface area contributed by atoms with Crippen molar-refractivity contribution in [3.63, 3.8) is 0 Å². The Bertz CT molecular complexity index is 253. The number of piperazine rings is 1. The molecule has 1 N–H and O–H groups in total. The monoisotopic (exact) mass is 240 g/mol. The van der Waals surface area contributed by atoms with E-state index in [0.717, 1.165) is 19.0 Å². The third-order valence-electron chi connectivity index (χ3n) is 4.74. The van der Waals surface area contributed by atoms with Gasteiger partial charge in [-0.25, -0.2) is 0 Å². The average Bonchev–Trinajstić information content (AvgIpc) is 3.16. The van der Waals surface area contributed by atoms with Gasteiger partial charge >= 0.3 is 0 Å².